The van der Waals surface area contributed by atoms with Crippen molar-refractivity contribution in [2.75, 3.05) is 18.4 Å². The van der Waals surface area contributed by atoms with Gasteiger partial charge in [-0.3, -0.25) is 4.72 Å². The van der Waals surface area contributed by atoms with Gasteiger partial charge >= 0.3 is 6.09 Å². The quantitative estimate of drug-likeness (QED) is 0.726. The largest absolute Gasteiger partial charge is 0.496 e. The molecule has 0 unspecified atom stereocenters. The Bertz CT molecular complexity index is 946. The van der Waals surface area contributed by atoms with Crippen LogP contribution in [-0.2, 0) is 27.6 Å². The third-order valence-corrected chi connectivity index (χ3v) is 6.06. The summed E-state index contributed by atoms with van der Waals surface area (Å²) < 4.78 is 37.7. The molecular weight excluding hydrogens is 416 g/mol. The van der Waals surface area contributed by atoms with Gasteiger partial charge in [-0.25, -0.2) is 13.2 Å². The van der Waals surface area contributed by atoms with Gasteiger partial charge in [-0.2, -0.15) is 0 Å². The maximum atomic E-state index is 12.8. The first-order valence-electron chi connectivity index (χ1n) is 9.17. The summed E-state index contributed by atoms with van der Waals surface area (Å²) in [5.41, 5.74) is 6.92. The minimum Gasteiger partial charge on any atom is -0.496 e. The highest BCUT2D eigenvalue weighted by atomic mass is 35.5. The van der Waals surface area contributed by atoms with E-state index >= 15 is 0 Å². The zero-order valence-electron chi connectivity index (χ0n) is 16.4. The predicted octanol–water partition coefficient (Wildman–Crippen LogP) is 4.13. The van der Waals surface area contributed by atoms with Crippen LogP contribution in [-0.4, -0.2) is 28.2 Å². The van der Waals surface area contributed by atoms with Gasteiger partial charge in [0.25, 0.3) is 10.0 Å². The zero-order chi connectivity index (χ0) is 21.4. The molecule has 1 aliphatic carbocycles. The number of halogens is 1. The second-order valence-electron chi connectivity index (χ2n) is 6.29. The Morgan fingerprint density at radius 3 is 2.24 bits per heavy atom. The fourth-order valence-electron chi connectivity index (χ4n) is 3.12. The molecule has 3 N–H and O–H groups in total. The molecule has 0 heterocycles. The summed E-state index contributed by atoms with van der Waals surface area (Å²) in [6, 6.07) is 9.97. The fraction of sp³-hybridized carbons (Fsp3) is 0.350. The maximum absolute atomic E-state index is 12.8. The van der Waals surface area contributed by atoms with E-state index in [-0.39, 0.29) is 0 Å². The van der Waals surface area contributed by atoms with Crippen LogP contribution in [0.25, 0.3) is 0 Å². The third kappa shape index (κ3) is 6.27. The van der Waals surface area contributed by atoms with Crippen molar-refractivity contribution in [1.82, 2.24) is 0 Å². The van der Waals surface area contributed by atoms with Gasteiger partial charge in [0.2, 0.25) is 0 Å². The van der Waals surface area contributed by atoms with Gasteiger partial charge in [0.1, 0.15) is 5.75 Å². The van der Waals surface area contributed by atoms with E-state index < -0.39 is 16.1 Å². The average Bonchev–Trinajstić information content (AvgIpc) is 2.69. The van der Waals surface area contributed by atoms with Crippen molar-refractivity contribution in [1.29, 1.82) is 0 Å². The molecule has 1 amide bonds. The highest BCUT2D eigenvalue weighted by Gasteiger charge is 2.25. The summed E-state index contributed by atoms with van der Waals surface area (Å²) in [5, 5.41) is 0.565. The van der Waals surface area contributed by atoms with Crippen molar-refractivity contribution in [3.63, 3.8) is 0 Å². The first-order valence-corrected chi connectivity index (χ1v) is 11.0. The van der Waals surface area contributed by atoms with Gasteiger partial charge in [-0.1, -0.05) is 11.6 Å². The number of hydrogen-bond donors (Lipinski definition) is 2. The molecule has 0 atom stereocenters. The number of anilines is 1. The number of nitrogens with two attached hydrogens (primary N) is 1. The summed E-state index contributed by atoms with van der Waals surface area (Å²) in [4.78, 5) is 9.94. The first kappa shape index (κ1) is 22.8. The Labute approximate surface area is 176 Å². The van der Waals surface area contributed by atoms with Gasteiger partial charge in [0, 0.05) is 10.7 Å². The number of methoxy groups -OCH3 is 1. The highest BCUT2D eigenvalue weighted by molar-refractivity contribution is 7.92. The Kier molecular flexibility index (Phi) is 8.16. The van der Waals surface area contributed by atoms with Crippen molar-refractivity contribution < 1.29 is 22.7 Å². The Morgan fingerprint density at radius 2 is 1.72 bits per heavy atom. The molecule has 2 aromatic rings. The minimum absolute atomic E-state index is 0.336. The smallest absolute Gasteiger partial charge is 0.404 e. The van der Waals surface area contributed by atoms with E-state index in [0.717, 1.165) is 42.6 Å². The van der Waals surface area contributed by atoms with Crippen LogP contribution in [0.15, 0.2) is 41.3 Å². The second-order valence-corrected chi connectivity index (χ2v) is 8.38. The van der Waals surface area contributed by atoms with Crippen molar-refractivity contribution in [2.45, 2.75) is 37.5 Å². The molecule has 3 rings (SSSR count). The number of fused-ring (bicyclic) bond motifs is 1. The minimum atomic E-state index is -3.64. The number of amides is 1. The lowest BCUT2D eigenvalue weighted by molar-refractivity contribution is 0.163. The lowest BCUT2D eigenvalue weighted by Gasteiger charge is -2.22. The van der Waals surface area contributed by atoms with Crippen LogP contribution in [0.5, 0.6) is 5.75 Å². The highest BCUT2D eigenvalue weighted by Crippen LogP contribution is 2.34. The SMILES string of the molecule is CCOC(N)=O.COc1ccc(S(=O)(=O)Nc2ccc(Cl)cc2)c2c1CCCC2. The van der Waals surface area contributed by atoms with Crippen molar-refractivity contribution in [2.24, 2.45) is 5.73 Å². The third-order valence-electron chi connectivity index (χ3n) is 4.34. The van der Waals surface area contributed by atoms with Crippen LogP contribution < -0.4 is 15.2 Å². The number of hydrogen-bond acceptors (Lipinski definition) is 5. The number of carbonyl (C=O) groups is 1. The van der Waals surface area contributed by atoms with Crippen molar-refractivity contribution in [3.8, 4) is 5.75 Å². The number of carbonyl (C=O) groups excluding carboxylic acids is 1. The number of primary amides is 1. The zero-order valence-corrected chi connectivity index (χ0v) is 18.0. The van der Waals surface area contributed by atoms with E-state index in [1.807, 2.05) is 0 Å². The number of sulfonamides is 1. The monoisotopic (exact) mass is 440 g/mol. The molecule has 0 spiro atoms. The molecule has 158 valence electrons. The van der Waals surface area contributed by atoms with Crippen molar-refractivity contribution >= 4 is 33.4 Å². The molecule has 0 radical (unpaired) electrons. The average molecular weight is 441 g/mol. The van der Waals surface area contributed by atoms with E-state index in [0.29, 0.717) is 22.2 Å². The van der Waals surface area contributed by atoms with E-state index in [4.69, 9.17) is 16.3 Å². The Balaban J connectivity index is 0.000000438. The molecule has 0 aromatic heterocycles. The molecule has 29 heavy (non-hydrogen) atoms. The summed E-state index contributed by atoms with van der Waals surface area (Å²) >= 11 is 5.84. The molecule has 0 saturated carbocycles. The molecule has 0 aliphatic heterocycles. The fourth-order valence-corrected chi connectivity index (χ4v) is 4.59. The van der Waals surface area contributed by atoms with E-state index in [1.165, 1.54) is 0 Å². The molecule has 0 fully saturated rings. The lowest BCUT2D eigenvalue weighted by Crippen LogP contribution is -2.18. The maximum Gasteiger partial charge on any atom is 0.404 e. The standard InChI is InChI=1S/C17H18ClNO3S.C3H7NO2/c1-22-16-10-11-17(15-5-3-2-4-14(15)16)23(20,21)19-13-8-6-12(18)7-9-13;1-2-6-3(4)5/h6-11,19H,2-5H2,1H3;2H2,1H3,(H2,4,5). The Hall–Kier alpha value is -2.45. The molecule has 0 saturated heterocycles. The summed E-state index contributed by atoms with van der Waals surface area (Å²) in [6.07, 6.45) is 2.94. The van der Waals surface area contributed by atoms with Crippen molar-refractivity contribution in [3.05, 3.63) is 52.5 Å². The molecule has 9 heteroatoms. The predicted molar refractivity (Wildman–Crippen MR) is 113 cm³/mol. The number of rotatable bonds is 5. The number of nitrogens with one attached hydrogen (secondary N) is 1. The molecule has 1 aliphatic rings. The summed E-state index contributed by atoms with van der Waals surface area (Å²) in [6.45, 7) is 2.06. The first-order chi connectivity index (χ1) is 13.8. The van der Waals surface area contributed by atoms with E-state index in [2.05, 4.69) is 15.2 Å². The van der Waals surface area contributed by atoms with Gasteiger partial charge in [0.15, 0.2) is 0 Å². The van der Waals surface area contributed by atoms with Gasteiger partial charge in [-0.15, -0.1) is 0 Å². The van der Waals surface area contributed by atoms with Gasteiger partial charge in [0.05, 0.1) is 18.6 Å². The number of ether oxygens (including phenoxy) is 2. The molecular formula is C20H25ClN2O5S. The van der Waals surface area contributed by atoms with Crippen LogP contribution in [0.4, 0.5) is 10.5 Å². The van der Waals surface area contributed by atoms with E-state index in [1.54, 1.807) is 50.4 Å². The van der Waals surface area contributed by atoms with Gasteiger partial charge < -0.3 is 15.2 Å². The lowest BCUT2D eigenvalue weighted by atomic mass is 9.91. The number of benzene rings is 2. The van der Waals surface area contributed by atoms with Crippen LogP contribution in [0.2, 0.25) is 5.02 Å². The molecule has 0 bridgehead atoms. The van der Waals surface area contributed by atoms with Crippen LogP contribution in [0.1, 0.15) is 30.9 Å². The second kappa shape index (κ2) is 10.4. The molecule has 2 aromatic carbocycles. The summed E-state index contributed by atoms with van der Waals surface area (Å²) in [7, 11) is -2.03. The van der Waals surface area contributed by atoms with E-state index in [9.17, 15) is 13.2 Å². The topological polar surface area (TPSA) is 108 Å². The van der Waals surface area contributed by atoms with Crippen LogP contribution >= 0.6 is 11.6 Å². The Morgan fingerprint density at radius 1 is 1.10 bits per heavy atom. The van der Waals surface area contributed by atoms with Crippen LogP contribution in [0, 0.1) is 0 Å². The van der Waals surface area contributed by atoms with Crippen LogP contribution in [0.3, 0.4) is 0 Å². The summed E-state index contributed by atoms with van der Waals surface area (Å²) in [5.74, 6) is 0.769. The normalized spacial score (nSPS) is 12.8. The van der Waals surface area contributed by atoms with Gasteiger partial charge in [-0.05, 0) is 80.1 Å². The molecule has 7 nitrogen and oxygen atoms in total.